The van der Waals surface area contributed by atoms with E-state index in [1.807, 2.05) is 48.4 Å². The van der Waals surface area contributed by atoms with Crippen molar-refractivity contribution >= 4 is 15.5 Å². The Bertz CT molecular complexity index is 1300. The molecule has 2 heterocycles. The Hall–Kier alpha value is -2.87. The molecule has 0 saturated heterocycles. The molecule has 0 radical (unpaired) electrons. The second kappa shape index (κ2) is 9.78. The van der Waals surface area contributed by atoms with E-state index in [9.17, 15) is 13.2 Å². The molecule has 0 amide bonds. The quantitative estimate of drug-likeness (QED) is 0.538. The molecule has 1 aromatic carbocycles. The lowest BCUT2D eigenvalue weighted by Gasteiger charge is -2.30. The van der Waals surface area contributed by atoms with Crippen LogP contribution in [-0.2, 0) is 23.4 Å². The van der Waals surface area contributed by atoms with Gasteiger partial charge in [0.1, 0.15) is 5.69 Å². The topological polar surface area (TPSA) is 86.0 Å². The predicted octanol–water partition coefficient (Wildman–Crippen LogP) is 4.45. The fourth-order valence-corrected chi connectivity index (χ4v) is 5.40. The second-order valence-corrected chi connectivity index (χ2v) is 11.9. The Balaban J connectivity index is 1.49. The number of aryl methyl sites for hydroxylation is 1. The van der Waals surface area contributed by atoms with Crippen LogP contribution in [0.3, 0.4) is 0 Å². The minimum atomic E-state index is -3.18. The fraction of sp³-hybridized carbons (Fsp3) is 0.462. The average Bonchev–Trinajstić information content (AvgIpc) is 3.22. The third-order valence-electron chi connectivity index (χ3n) is 6.55. The maximum atomic E-state index is 13.2. The number of sulfone groups is 1. The molecule has 1 fully saturated rings. The minimum absolute atomic E-state index is 0.0137. The molecule has 1 aliphatic carbocycles. The van der Waals surface area contributed by atoms with Crippen molar-refractivity contribution in [1.82, 2.24) is 14.3 Å². The largest absolute Gasteiger partial charge is 0.378 e. The van der Waals surface area contributed by atoms with E-state index in [1.165, 1.54) is 11.8 Å². The average molecular weight is 483 g/mol. The Morgan fingerprint density at radius 3 is 2.29 bits per heavy atom. The van der Waals surface area contributed by atoms with Crippen LogP contribution in [0.1, 0.15) is 51.0 Å². The van der Waals surface area contributed by atoms with E-state index in [0.717, 1.165) is 36.8 Å². The number of hydrogen-bond acceptors (Lipinski definition) is 5. The van der Waals surface area contributed by atoms with Crippen molar-refractivity contribution in [3.63, 3.8) is 0 Å². The van der Waals surface area contributed by atoms with Gasteiger partial charge in [0.15, 0.2) is 9.84 Å². The van der Waals surface area contributed by atoms with Crippen LogP contribution in [0, 0.1) is 5.92 Å². The van der Waals surface area contributed by atoms with Crippen molar-refractivity contribution in [2.75, 3.05) is 11.6 Å². The molecule has 1 aliphatic rings. The number of benzene rings is 1. The lowest BCUT2D eigenvalue weighted by Crippen LogP contribution is -2.31. The summed E-state index contributed by atoms with van der Waals surface area (Å²) in [5, 5.41) is 7.82. The molecule has 7 nitrogen and oxygen atoms in total. The van der Waals surface area contributed by atoms with Gasteiger partial charge in [-0.3, -0.25) is 9.48 Å². The molecule has 1 saturated carbocycles. The van der Waals surface area contributed by atoms with E-state index in [4.69, 9.17) is 0 Å². The summed E-state index contributed by atoms with van der Waals surface area (Å²) < 4.78 is 27.0. The Morgan fingerprint density at radius 2 is 1.74 bits per heavy atom. The first kappa shape index (κ1) is 24.3. The number of pyridine rings is 1. The first-order valence-electron chi connectivity index (χ1n) is 11.9. The van der Waals surface area contributed by atoms with Gasteiger partial charge in [-0.25, -0.2) is 8.42 Å². The molecule has 0 unspecified atom stereocenters. The third-order valence-corrected chi connectivity index (χ3v) is 7.68. The molecule has 1 N–H and O–H groups in total. The van der Waals surface area contributed by atoms with Crippen LogP contribution >= 0.6 is 0 Å². The van der Waals surface area contributed by atoms with Crippen LogP contribution in [0.4, 0.5) is 5.69 Å². The molecular formula is C26H34N4O3S. The van der Waals surface area contributed by atoms with Crippen LogP contribution in [-0.4, -0.2) is 35.1 Å². The maximum absolute atomic E-state index is 13.2. The summed E-state index contributed by atoms with van der Waals surface area (Å²) in [7, 11) is -1.29. The molecule has 34 heavy (non-hydrogen) atoms. The lowest BCUT2D eigenvalue weighted by atomic mass is 9.81. The van der Waals surface area contributed by atoms with Gasteiger partial charge in [-0.15, -0.1) is 0 Å². The first-order valence-corrected chi connectivity index (χ1v) is 13.8. The van der Waals surface area contributed by atoms with Gasteiger partial charge in [0.05, 0.1) is 11.1 Å². The SMILES string of the molecule is CC(C)Cn1cc(-c2cnn(C)c2)cc(NC2CCC(c3ccc(S(C)(=O)=O)cc3)CC2)c1=O. The Morgan fingerprint density at radius 1 is 1.06 bits per heavy atom. The molecule has 3 aromatic rings. The zero-order chi connectivity index (χ0) is 24.5. The summed E-state index contributed by atoms with van der Waals surface area (Å²) >= 11 is 0. The number of aromatic nitrogens is 3. The van der Waals surface area contributed by atoms with Gasteiger partial charge >= 0.3 is 0 Å². The number of rotatable bonds is 7. The minimum Gasteiger partial charge on any atom is -0.378 e. The molecule has 2 aromatic heterocycles. The molecular weight excluding hydrogens is 448 g/mol. The first-order chi connectivity index (χ1) is 16.1. The van der Waals surface area contributed by atoms with Gasteiger partial charge in [0, 0.05) is 49.4 Å². The molecule has 4 rings (SSSR count). The fourth-order valence-electron chi connectivity index (χ4n) is 4.77. The molecule has 182 valence electrons. The van der Waals surface area contributed by atoms with Crippen LogP contribution in [0.25, 0.3) is 11.1 Å². The number of nitrogens with zero attached hydrogens (tertiary/aromatic N) is 3. The molecule has 8 heteroatoms. The summed E-state index contributed by atoms with van der Waals surface area (Å²) in [6.45, 7) is 4.89. The van der Waals surface area contributed by atoms with Crippen molar-refractivity contribution in [2.45, 2.75) is 62.9 Å². The highest BCUT2D eigenvalue weighted by Crippen LogP contribution is 2.34. The number of anilines is 1. The van der Waals surface area contributed by atoms with Gasteiger partial charge in [-0.1, -0.05) is 26.0 Å². The zero-order valence-electron chi connectivity index (χ0n) is 20.4. The summed E-state index contributed by atoms with van der Waals surface area (Å²) in [6.07, 6.45) is 10.9. The number of hydrogen-bond donors (Lipinski definition) is 1. The van der Waals surface area contributed by atoms with E-state index in [-0.39, 0.29) is 11.6 Å². The monoisotopic (exact) mass is 482 g/mol. The van der Waals surface area contributed by atoms with E-state index < -0.39 is 9.84 Å². The van der Waals surface area contributed by atoms with E-state index in [1.54, 1.807) is 16.8 Å². The van der Waals surface area contributed by atoms with Gasteiger partial charge in [0.2, 0.25) is 0 Å². The van der Waals surface area contributed by atoms with Gasteiger partial charge in [-0.2, -0.15) is 5.10 Å². The Kier molecular flexibility index (Phi) is 6.98. The maximum Gasteiger partial charge on any atom is 0.273 e. The van der Waals surface area contributed by atoms with Crippen molar-refractivity contribution in [3.8, 4) is 11.1 Å². The smallest absolute Gasteiger partial charge is 0.273 e. The normalized spacial score (nSPS) is 18.9. The van der Waals surface area contributed by atoms with Crippen molar-refractivity contribution in [3.05, 3.63) is 64.8 Å². The van der Waals surface area contributed by atoms with Crippen LogP contribution in [0.5, 0.6) is 0 Å². The summed E-state index contributed by atoms with van der Waals surface area (Å²) in [6, 6.07) is 9.47. The summed E-state index contributed by atoms with van der Waals surface area (Å²) in [5.41, 5.74) is 3.81. The van der Waals surface area contributed by atoms with Crippen LogP contribution in [0.15, 0.2) is 58.6 Å². The molecule has 0 spiro atoms. The molecule has 0 bridgehead atoms. The predicted molar refractivity (Wildman–Crippen MR) is 136 cm³/mol. The second-order valence-electron chi connectivity index (χ2n) is 9.93. The Labute approximate surface area is 201 Å². The van der Waals surface area contributed by atoms with Gasteiger partial charge in [0.25, 0.3) is 5.56 Å². The zero-order valence-corrected chi connectivity index (χ0v) is 21.2. The van der Waals surface area contributed by atoms with Gasteiger partial charge < -0.3 is 9.88 Å². The van der Waals surface area contributed by atoms with Crippen LogP contribution in [0.2, 0.25) is 0 Å². The highest BCUT2D eigenvalue weighted by molar-refractivity contribution is 7.90. The van der Waals surface area contributed by atoms with Crippen molar-refractivity contribution in [1.29, 1.82) is 0 Å². The summed E-state index contributed by atoms with van der Waals surface area (Å²) in [5.74, 6) is 0.769. The molecule has 0 atom stereocenters. The summed E-state index contributed by atoms with van der Waals surface area (Å²) in [4.78, 5) is 13.6. The standard InChI is InChI=1S/C26H34N4O3S/c1-18(2)15-30-17-21(22-14-27-29(3)16-22)13-25(26(30)31)28-23-9-5-19(6-10-23)20-7-11-24(12-8-20)34(4,32)33/h7-8,11-14,16-19,23,28H,5-6,9-10,15H2,1-4H3. The highest BCUT2D eigenvalue weighted by Gasteiger charge is 2.24. The highest BCUT2D eigenvalue weighted by atomic mass is 32.2. The lowest BCUT2D eigenvalue weighted by molar-refractivity contribution is 0.411. The van der Waals surface area contributed by atoms with E-state index in [2.05, 4.69) is 24.3 Å². The third kappa shape index (κ3) is 5.60. The molecule has 0 aliphatic heterocycles. The van der Waals surface area contributed by atoms with Crippen molar-refractivity contribution in [2.24, 2.45) is 13.0 Å². The van der Waals surface area contributed by atoms with E-state index in [0.29, 0.717) is 29.0 Å². The number of nitrogens with one attached hydrogen (secondary N) is 1. The van der Waals surface area contributed by atoms with E-state index >= 15 is 0 Å². The van der Waals surface area contributed by atoms with Crippen LogP contribution < -0.4 is 10.9 Å². The van der Waals surface area contributed by atoms with Crippen molar-refractivity contribution < 1.29 is 8.42 Å². The van der Waals surface area contributed by atoms with Gasteiger partial charge in [-0.05, 0) is 61.3 Å².